The van der Waals surface area contributed by atoms with Crippen LogP contribution in [0.2, 0.25) is 0 Å². The SMILES string of the molecule is CC(C)Cc1nc2ccccc2n1CC(=O)N1CC[C@@](C)(O)[C@H](n2ccc(=O)[nH]c2=O)C1. The second-order valence-electron chi connectivity index (χ2n) is 9.18. The average Bonchev–Trinajstić information content (AvgIpc) is 3.05. The van der Waals surface area contributed by atoms with Crippen molar-refractivity contribution < 1.29 is 9.90 Å². The van der Waals surface area contributed by atoms with E-state index in [0.717, 1.165) is 23.3 Å². The van der Waals surface area contributed by atoms with Crippen molar-refractivity contribution in [3.63, 3.8) is 0 Å². The Kier molecular flexibility index (Phi) is 5.77. The Bertz CT molecular complexity index is 1250. The lowest BCUT2D eigenvalue weighted by Gasteiger charge is -2.43. The first kappa shape index (κ1) is 22.0. The number of benzene rings is 1. The maximum atomic E-state index is 13.3. The van der Waals surface area contributed by atoms with Gasteiger partial charge in [0.25, 0.3) is 5.56 Å². The number of hydrogen-bond acceptors (Lipinski definition) is 5. The van der Waals surface area contributed by atoms with Crippen LogP contribution >= 0.6 is 0 Å². The summed E-state index contributed by atoms with van der Waals surface area (Å²) in [4.78, 5) is 45.7. The standard InChI is InChI=1S/C23H29N5O4/c1-15(2)12-19-24-16-6-4-5-7-17(16)28(19)14-21(30)26-11-9-23(3,32)18(13-26)27-10-8-20(29)25-22(27)31/h4-8,10,15,18,32H,9,11-14H2,1-3H3,(H,25,29,31)/t18-,23-/m1/s1. The van der Waals surface area contributed by atoms with Crippen molar-refractivity contribution in [2.75, 3.05) is 13.1 Å². The van der Waals surface area contributed by atoms with Crippen LogP contribution < -0.4 is 11.2 Å². The van der Waals surface area contributed by atoms with E-state index in [2.05, 4.69) is 18.8 Å². The minimum absolute atomic E-state index is 0.101. The van der Waals surface area contributed by atoms with Crippen LogP contribution in [0.15, 0.2) is 46.1 Å². The highest BCUT2D eigenvalue weighted by Gasteiger charge is 2.40. The molecule has 0 bridgehead atoms. The predicted octanol–water partition coefficient (Wildman–Crippen LogP) is 1.31. The van der Waals surface area contributed by atoms with Gasteiger partial charge < -0.3 is 14.6 Å². The highest BCUT2D eigenvalue weighted by Crippen LogP contribution is 2.31. The fourth-order valence-electron chi connectivity index (χ4n) is 4.37. The van der Waals surface area contributed by atoms with Gasteiger partial charge in [0.2, 0.25) is 5.91 Å². The van der Waals surface area contributed by atoms with Gasteiger partial charge in [-0.2, -0.15) is 0 Å². The van der Waals surface area contributed by atoms with Crippen molar-refractivity contribution >= 4 is 16.9 Å². The molecule has 1 aromatic carbocycles. The molecule has 0 saturated carbocycles. The van der Waals surface area contributed by atoms with Crippen LogP contribution in [0.4, 0.5) is 0 Å². The molecule has 3 heterocycles. The van der Waals surface area contributed by atoms with Crippen LogP contribution in [-0.2, 0) is 17.8 Å². The number of carbonyl (C=O) groups excluding carboxylic acids is 1. The third kappa shape index (κ3) is 4.25. The zero-order valence-electron chi connectivity index (χ0n) is 18.6. The molecule has 9 heteroatoms. The van der Waals surface area contributed by atoms with E-state index in [1.807, 2.05) is 28.8 Å². The summed E-state index contributed by atoms with van der Waals surface area (Å²) < 4.78 is 3.27. The van der Waals surface area contributed by atoms with E-state index >= 15 is 0 Å². The summed E-state index contributed by atoms with van der Waals surface area (Å²) in [5.41, 5.74) is -0.524. The highest BCUT2D eigenvalue weighted by molar-refractivity contribution is 5.81. The third-order valence-electron chi connectivity index (χ3n) is 6.16. The Morgan fingerprint density at radius 2 is 2.03 bits per heavy atom. The molecular weight excluding hydrogens is 410 g/mol. The molecule has 1 aliphatic rings. The summed E-state index contributed by atoms with van der Waals surface area (Å²) in [6.07, 6.45) is 2.45. The van der Waals surface area contributed by atoms with Crippen molar-refractivity contribution in [1.29, 1.82) is 0 Å². The van der Waals surface area contributed by atoms with Crippen LogP contribution in [0.3, 0.4) is 0 Å². The summed E-state index contributed by atoms with van der Waals surface area (Å²) in [5, 5.41) is 10.9. The first-order chi connectivity index (χ1) is 15.2. The van der Waals surface area contributed by atoms with Crippen LogP contribution in [0.5, 0.6) is 0 Å². The van der Waals surface area contributed by atoms with Crippen molar-refractivity contribution in [2.45, 2.75) is 51.8 Å². The number of hydrogen-bond donors (Lipinski definition) is 2. The lowest BCUT2D eigenvalue weighted by atomic mass is 9.88. The van der Waals surface area contributed by atoms with Crippen molar-refractivity contribution in [2.24, 2.45) is 5.92 Å². The smallest absolute Gasteiger partial charge is 0.328 e. The number of para-hydroxylation sites is 2. The van der Waals surface area contributed by atoms with E-state index in [1.165, 1.54) is 16.8 Å². The normalized spacial score (nSPS) is 21.4. The molecule has 32 heavy (non-hydrogen) atoms. The molecule has 2 aromatic heterocycles. The molecule has 2 N–H and O–H groups in total. The largest absolute Gasteiger partial charge is 0.388 e. The van der Waals surface area contributed by atoms with Gasteiger partial charge in [0.15, 0.2) is 0 Å². The average molecular weight is 440 g/mol. The summed E-state index contributed by atoms with van der Waals surface area (Å²) >= 11 is 0. The minimum Gasteiger partial charge on any atom is -0.388 e. The number of aliphatic hydroxyl groups is 1. The lowest BCUT2D eigenvalue weighted by Crippen LogP contribution is -2.55. The van der Waals surface area contributed by atoms with E-state index in [4.69, 9.17) is 4.98 Å². The molecular formula is C23H29N5O4. The number of H-pyrrole nitrogens is 1. The molecule has 1 fully saturated rings. The molecule has 0 aliphatic carbocycles. The molecule has 3 aromatic rings. The van der Waals surface area contributed by atoms with E-state index in [-0.39, 0.29) is 19.0 Å². The quantitative estimate of drug-likeness (QED) is 0.622. The van der Waals surface area contributed by atoms with Gasteiger partial charge in [0.05, 0.1) is 22.7 Å². The fraction of sp³-hybridized carbons (Fsp3) is 0.478. The zero-order valence-corrected chi connectivity index (χ0v) is 18.6. The third-order valence-corrected chi connectivity index (χ3v) is 6.16. The van der Waals surface area contributed by atoms with E-state index in [0.29, 0.717) is 18.9 Å². The monoisotopic (exact) mass is 439 g/mol. The van der Waals surface area contributed by atoms with Gasteiger partial charge >= 0.3 is 5.69 Å². The Hall–Kier alpha value is -3.20. The number of piperidine rings is 1. The molecule has 4 rings (SSSR count). The van der Waals surface area contributed by atoms with Gasteiger partial charge in [0.1, 0.15) is 12.4 Å². The van der Waals surface area contributed by atoms with Crippen LogP contribution in [0.25, 0.3) is 11.0 Å². The van der Waals surface area contributed by atoms with Crippen LogP contribution in [0, 0.1) is 5.92 Å². The zero-order chi connectivity index (χ0) is 23.0. The van der Waals surface area contributed by atoms with Gasteiger partial charge in [-0.05, 0) is 31.4 Å². The molecule has 170 valence electrons. The number of likely N-dealkylation sites (tertiary alicyclic amines) is 1. The predicted molar refractivity (Wildman–Crippen MR) is 120 cm³/mol. The summed E-state index contributed by atoms with van der Waals surface area (Å²) in [6.45, 7) is 6.57. The number of imidazole rings is 1. The Morgan fingerprint density at radius 1 is 1.28 bits per heavy atom. The van der Waals surface area contributed by atoms with E-state index in [9.17, 15) is 19.5 Å². The molecule has 9 nitrogen and oxygen atoms in total. The van der Waals surface area contributed by atoms with Crippen LogP contribution in [-0.4, -0.2) is 53.7 Å². The second kappa shape index (κ2) is 8.38. The maximum Gasteiger partial charge on any atom is 0.328 e. The van der Waals surface area contributed by atoms with E-state index in [1.54, 1.807) is 11.8 Å². The van der Waals surface area contributed by atoms with Gasteiger partial charge in [-0.25, -0.2) is 9.78 Å². The maximum absolute atomic E-state index is 13.3. The van der Waals surface area contributed by atoms with Crippen LogP contribution in [0.1, 0.15) is 39.1 Å². The van der Waals surface area contributed by atoms with Gasteiger partial charge in [-0.15, -0.1) is 0 Å². The summed E-state index contributed by atoms with van der Waals surface area (Å²) in [7, 11) is 0. The number of fused-ring (bicyclic) bond motifs is 1. The van der Waals surface area contributed by atoms with Gasteiger partial charge in [-0.3, -0.25) is 19.1 Å². The number of nitrogens with one attached hydrogen (secondary N) is 1. The lowest BCUT2D eigenvalue weighted by molar-refractivity contribution is -0.138. The van der Waals surface area contributed by atoms with Gasteiger partial charge in [-0.1, -0.05) is 26.0 Å². The number of carbonyl (C=O) groups is 1. The number of aromatic amines is 1. The van der Waals surface area contributed by atoms with E-state index < -0.39 is 22.9 Å². The number of aromatic nitrogens is 4. The molecule has 0 unspecified atom stereocenters. The van der Waals surface area contributed by atoms with Crippen molar-refractivity contribution in [3.05, 3.63) is 63.2 Å². The molecule has 1 saturated heterocycles. The molecule has 1 amide bonds. The number of amides is 1. The Balaban J connectivity index is 1.62. The number of rotatable bonds is 5. The molecule has 1 aliphatic heterocycles. The highest BCUT2D eigenvalue weighted by atomic mass is 16.3. The fourth-order valence-corrected chi connectivity index (χ4v) is 4.37. The second-order valence-corrected chi connectivity index (χ2v) is 9.18. The minimum atomic E-state index is -1.19. The van der Waals surface area contributed by atoms with Crippen molar-refractivity contribution in [3.8, 4) is 0 Å². The number of nitrogens with zero attached hydrogens (tertiary/aromatic N) is 4. The molecule has 0 radical (unpaired) electrons. The van der Waals surface area contributed by atoms with Crippen molar-refractivity contribution in [1.82, 2.24) is 24.0 Å². The first-order valence-electron chi connectivity index (χ1n) is 10.9. The summed E-state index contributed by atoms with van der Waals surface area (Å²) in [6, 6.07) is 8.34. The molecule has 0 spiro atoms. The Morgan fingerprint density at radius 3 is 2.75 bits per heavy atom. The van der Waals surface area contributed by atoms with Gasteiger partial charge in [0, 0.05) is 31.8 Å². The first-order valence-corrected chi connectivity index (χ1v) is 10.9. The molecule has 2 atom stereocenters. The topological polar surface area (TPSA) is 113 Å². The Labute approximate surface area is 185 Å². The summed E-state index contributed by atoms with van der Waals surface area (Å²) in [5.74, 6) is 1.16.